The molecule has 2 aromatic heterocycles. The molecule has 29 heavy (non-hydrogen) atoms. The number of nitrogens with one attached hydrogen (secondary N) is 1. The van der Waals surface area contributed by atoms with E-state index in [1.54, 1.807) is 19.3 Å². The number of rotatable bonds is 3. The fourth-order valence-corrected chi connectivity index (χ4v) is 4.44. The van der Waals surface area contributed by atoms with Crippen molar-refractivity contribution >= 4 is 44.9 Å². The summed E-state index contributed by atoms with van der Waals surface area (Å²) >= 11 is 1.48. The fraction of sp³-hybridized carbons (Fsp3) is 0.238. The molecule has 0 radical (unpaired) electrons. The number of hydrogen-bond acceptors (Lipinski definition) is 6. The van der Waals surface area contributed by atoms with Gasteiger partial charge in [0.2, 0.25) is 5.91 Å². The molecule has 3 aromatic rings. The Bertz CT molecular complexity index is 1150. The fourth-order valence-electron chi connectivity index (χ4n) is 3.56. The molecule has 0 saturated carbocycles. The Labute approximate surface area is 172 Å². The van der Waals surface area contributed by atoms with Crippen molar-refractivity contribution in [2.75, 3.05) is 12.4 Å². The molecule has 4 rings (SSSR count). The average Bonchev–Trinajstić information content (AvgIpc) is 3.18. The van der Waals surface area contributed by atoms with Crippen LogP contribution >= 0.6 is 11.3 Å². The molecular formula is C21H21N5O2S. The number of nitrogens with zero attached hydrogens (tertiary/aromatic N) is 3. The molecule has 2 amide bonds. The number of carbonyl (C=O) groups excluding carboxylic acids is 2. The van der Waals surface area contributed by atoms with Crippen molar-refractivity contribution in [2.45, 2.75) is 19.9 Å². The lowest BCUT2D eigenvalue weighted by Crippen LogP contribution is -2.51. The van der Waals surface area contributed by atoms with Gasteiger partial charge in [-0.2, -0.15) is 0 Å². The van der Waals surface area contributed by atoms with E-state index < -0.39 is 11.5 Å². The average molecular weight is 407 g/mol. The molecule has 3 N–H and O–H groups in total. The van der Waals surface area contributed by atoms with E-state index in [9.17, 15) is 9.59 Å². The summed E-state index contributed by atoms with van der Waals surface area (Å²) in [6, 6.07) is 10.7. The summed E-state index contributed by atoms with van der Waals surface area (Å²) in [5, 5.41) is 5.83. The SMILES string of the molecule is CN1C(=O)C(C)(C)C(c2cccc(NC(=O)c3nccc4ccsc34)c2)N=C1N. The third-order valence-corrected chi connectivity index (χ3v) is 6.13. The number of amides is 2. The molecule has 1 aliphatic rings. The maximum absolute atomic E-state index is 12.8. The first-order valence-electron chi connectivity index (χ1n) is 9.14. The van der Waals surface area contributed by atoms with Crippen LogP contribution < -0.4 is 11.1 Å². The number of hydrogen-bond donors (Lipinski definition) is 2. The smallest absolute Gasteiger partial charge is 0.275 e. The molecular weight excluding hydrogens is 386 g/mol. The zero-order valence-electron chi connectivity index (χ0n) is 16.3. The van der Waals surface area contributed by atoms with Gasteiger partial charge in [0.15, 0.2) is 5.96 Å². The van der Waals surface area contributed by atoms with E-state index in [1.807, 2.05) is 49.6 Å². The molecule has 1 atom stereocenters. The van der Waals surface area contributed by atoms with Crippen LogP contribution in [0.4, 0.5) is 5.69 Å². The molecule has 7 nitrogen and oxygen atoms in total. The van der Waals surface area contributed by atoms with Gasteiger partial charge in [-0.3, -0.25) is 14.5 Å². The highest BCUT2D eigenvalue weighted by Gasteiger charge is 2.44. The summed E-state index contributed by atoms with van der Waals surface area (Å²) in [4.78, 5) is 35.6. The van der Waals surface area contributed by atoms with E-state index in [-0.39, 0.29) is 17.8 Å². The number of fused-ring (bicyclic) bond motifs is 1. The zero-order valence-corrected chi connectivity index (χ0v) is 17.2. The van der Waals surface area contributed by atoms with Gasteiger partial charge in [-0.05, 0) is 54.4 Å². The Morgan fingerprint density at radius 3 is 2.86 bits per heavy atom. The Hall–Kier alpha value is -3.26. The first kappa shape index (κ1) is 19.1. The lowest BCUT2D eigenvalue weighted by atomic mass is 9.78. The van der Waals surface area contributed by atoms with Gasteiger partial charge in [0.25, 0.3) is 5.91 Å². The highest BCUT2D eigenvalue weighted by atomic mass is 32.1. The molecule has 0 spiro atoms. The standard InChI is InChI=1S/C21H21N5O2S/c1-21(2)17(25-20(22)26(3)19(21)28)13-5-4-6-14(11-13)24-18(27)15-16-12(7-9-23-15)8-10-29-16/h4-11,17H,1-3H3,(H2,22,25)(H,24,27). The number of thiophene rings is 1. The quantitative estimate of drug-likeness (QED) is 0.695. The van der Waals surface area contributed by atoms with Crippen LogP contribution in [-0.2, 0) is 4.79 Å². The monoisotopic (exact) mass is 407 g/mol. The number of aromatic nitrogens is 1. The van der Waals surface area contributed by atoms with E-state index >= 15 is 0 Å². The van der Waals surface area contributed by atoms with Crippen molar-refractivity contribution in [1.82, 2.24) is 9.88 Å². The normalized spacial score (nSPS) is 18.6. The van der Waals surface area contributed by atoms with Crippen LogP contribution in [0.1, 0.15) is 35.9 Å². The third-order valence-electron chi connectivity index (χ3n) is 5.19. The van der Waals surface area contributed by atoms with E-state index in [1.165, 1.54) is 16.2 Å². The van der Waals surface area contributed by atoms with Crippen LogP contribution in [0.25, 0.3) is 10.1 Å². The molecule has 0 fully saturated rings. The van der Waals surface area contributed by atoms with Gasteiger partial charge in [-0.1, -0.05) is 12.1 Å². The van der Waals surface area contributed by atoms with Crippen LogP contribution in [0, 0.1) is 5.41 Å². The van der Waals surface area contributed by atoms with Gasteiger partial charge >= 0.3 is 0 Å². The Morgan fingerprint density at radius 2 is 2.07 bits per heavy atom. The van der Waals surface area contributed by atoms with Gasteiger partial charge < -0.3 is 11.1 Å². The summed E-state index contributed by atoms with van der Waals surface area (Å²) in [5.41, 5.74) is 6.98. The molecule has 1 aromatic carbocycles. The highest BCUT2D eigenvalue weighted by Crippen LogP contribution is 2.41. The first-order chi connectivity index (χ1) is 13.8. The Morgan fingerprint density at radius 1 is 1.28 bits per heavy atom. The highest BCUT2D eigenvalue weighted by molar-refractivity contribution is 7.17. The second-order valence-electron chi connectivity index (χ2n) is 7.55. The molecule has 0 bridgehead atoms. The summed E-state index contributed by atoms with van der Waals surface area (Å²) in [5.74, 6) is -0.197. The number of carbonyl (C=O) groups is 2. The zero-order chi connectivity index (χ0) is 20.8. The minimum Gasteiger partial charge on any atom is -0.369 e. The van der Waals surface area contributed by atoms with Gasteiger partial charge in [0.1, 0.15) is 5.69 Å². The summed E-state index contributed by atoms with van der Waals surface area (Å²) in [6.07, 6.45) is 1.63. The van der Waals surface area contributed by atoms with Crippen LogP contribution in [-0.4, -0.2) is 34.7 Å². The summed E-state index contributed by atoms with van der Waals surface area (Å²) < 4.78 is 0.848. The molecule has 0 saturated heterocycles. The molecule has 0 aliphatic carbocycles. The summed E-state index contributed by atoms with van der Waals surface area (Å²) in [6.45, 7) is 3.69. The summed E-state index contributed by atoms with van der Waals surface area (Å²) in [7, 11) is 1.62. The van der Waals surface area contributed by atoms with Crippen molar-refractivity contribution in [2.24, 2.45) is 16.1 Å². The van der Waals surface area contributed by atoms with E-state index in [4.69, 9.17) is 5.73 Å². The number of guanidine groups is 1. The lowest BCUT2D eigenvalue weighted by Gasteiger charge is -2.38. The number of aliphatic imine (C=N–C) groups is 1. The number of benzene rings is 1. The number of nitrogens with two attached hydrogens (primary N) is 1. The van der Waals surface area contributed by atoms with Crippen LogP contribution in [0.2, 0.25) is 0 Å². The van der Waals surface area contributed by atoms with Crippen molar-refractivity contribution < 1.29 is 9.59 Å². The van der Waals surface area contributed by atoms with E-state index in [0.29, 0.717) is 11.4 Å². The minimum atomic E-state index is -0.760. The van der Waals surface area contributed by atoms with Gasteiger partial charge in [0.05, 0.1) is 16.2 Å². The van der Waals surface area contributed by atoms with Gasteiger partial charge in [-0.25, -0.2) is 9.98 Å². The number of pyridine rings is 1. The van der Waals surface area contributed by atoms with Crippen LogP contribution in [0.5, 0.6) is 0 Å². The molecule has 8 heteroatoms. The van der Waals surface area contributed by atoms with Crippen LogP contribution in [0.3, 0.4) is 0 Å². The van der Waals surface area contributed by atoms with Crippen LogP contribution in [0.15, 0.2) is 53.0 Å². The second kappa shape index (κ2) is 6.97. The number of anilines is 1. The topological polar surface area (TPSA) is 101 Å². The van der Waals surface area contributed by atoms with Gasteiger partial charge in [-0.15, -0.1) is 11.3 Å². The predicted molar refractivity (Wildman–Crippen MR) is 115 cm³/mol. The molecule has 148 valence electrons. The van der Waals surface area contributed by atoms with E-state index in [2.05, 4.69) is 15.3 Å². The molecule has 1 aliphatic heterocycles. The minimum absolute atomic E-state index is 0.0991. The van der Waals surface area contributed by atoms with Crippen molar-refractivity contribution in [3.63, 3.8) is 0 Å². The first-order valence-corrected chi connectivity index (χ1v) is 10.0. The van der Waals surface area contributed by atoms with Crippen molar-refractivity contribution in [3.05, 3.63) is 59.2 Å². The molecule has 3 heterocycles. The van der Waals surface area contributed by atoms with Crippen molar-refractivity contribution in [3.8, 4) is 0 Å². The van der Waals surface area contributed by atoms with Crippen molar-refractivity contribution in [1.29, 1.82) is 0 Å². The molecule has 1 unspecified atom stereocenters. The van der Waals surface area contributed by atoms with Gasteiger partial charge in [0, 0.05) is 18.9 Å². The largest absolute Gasteiger partial charge is 0.369 e. The Balaban J connectivity index is 1.65. The lowest BCUT2D eigenvalue weighted by molar-refractivity contribution is -0.137. The third kappa shape index (κ3) is 3.25. The predicted octanol–water partition coefficient (Wildman–Crippen LogP) is 3.40. The van der Waals surface area contributed by atoms with E-state index in [0.717, 1.165) is 15.6 Å². The second-order valence-corrected chi connectivity index (χ2v) is 8.47. The maximum atomic E-state index is 12.8. The Kier molecular flexibility index (Phi) is 4.58. The maximum Gasteiger partial charge on any atom is 0.275 e.